The molecular formula is C16H16FNO3. The van der Waals surface area contributed by atoms with E-state index in [1.807, 2.05) is 0 Å². The average molecular weight is 289 g/mol. The van der Waals surface area contributed by atoms with E-state index in [0.717, 1.165) is 5.56 Å². The molecule has 2 aromatic rings. The summed E-state index contributed by atoms with van der Waals surface area (Å²) in [6, 6.07) is 8.14. The molecule has 0 amide bonds. The molecule has 0 saturated heterocycles. The smallest absolute Gasteiger partial charge is 0.194 e. The quantitative estimate of drug-likeness (QED) is 0.607. The van der Waals surface area contributed by atoms with E-state index >= 15 is 0 Å². The third kappa shape index (κ3) is 2.40. The van der Waals surface area contributed by atoms with Gasteiger partial charge in [0.15, 0.2) is 17.3 Å². The van der Waals surface area contributed by atoms with Crippen molar-refractivity contribution in [2.45, 2.75) is 12.3 Å². The molecular weight excluding hydrogens is 273 g/mol. The molecule has 0 spiro atoms. The third-order valence-electron chi connectivity index (χ3n) is 3.93. The molecule has 2 aromatic carbocycles. The summed E-state index contributed by atoms with van der Waals surface area (Å²) in [7, 11) is 0. The molecule has 1 aliphatic heterocycles. The van der Waals surface area contributed by atoms with Crippen LogP contribution in [0.25, 0.3) is 0 Å². The van der Waals surface area contributed by atoms with Crippen molar-refractivity contribution < 1.29 is 19.7 Å². The van der Waals surface area contributed by atoms with Gasteiger partial charge >= 0.3 is 0 Å². The second-order valence-electron chi connectivity index (χ2n) is 5.22. The van der Waals surface area contributed by atoms with Gasteiger partial charge in [-0.2, -0.15) is 0 Å². The van der Waals surface area contributed by atoms with Crippen molar-refractivity contribution in [1.82, 2.24) is 5.32 Å². The van der Waals surface area contributed by atoms with Crippen LogP contribution in [0.15, 0.2) is 30.3 Å². The van der Waals surface area contributed by atoms with E-state index in [2.05, 4.69) is 5.32 Å². The van der Waals surface area contributed by atoms with Gasteiger partial charge in [-0.05, 0) is 47.9 Å². The average Bonchev–Trinajstić information content (AvgIpc) is 2.68. The van der Waals surface area contributed by atoms with E-state index in [1.54, 1.807) is 24.3 Å². The lowest BCUT2D eigenvalue weighted by Gasteiger charge is -2.19. The molecule has 3 rings (SSSR count). The Morgan fingerprint density at radius 3 is 2.52 bits per heavy atom. The number of fused-ring (bicyclic) bond motifs is 1. The zero-order valence-electron chi connectivity index (χ0n) is 11.3. The highest BCUT2D eigenvalue weighted by Crippen LogP contribution is 2.39. The maximum Gasteiger partial charge on any atom is 0.194 e. The van der Waals surface area contributed by atoms with E-state index in [-0.39, 0.29) is 11.7 Å². The fraction of sp³-hybridized carbons (Fsp3) is 0.250. The lowest BCUT2D eigenvalue weighted by Crippen LogP contribution is -2.20. The molecule has 1 aliphatic rings. The summed E-state index contributed by atoms with van der Waals surface area (Å²) < 4.78 is 14.2. The highest BCUT2D eigenvalue weighted by atomic mass is 19.1. The van der Waals surface area contributed by atoms with Crippen LogP contribution in [0.5, 0.6) is 17.2 Å². The first kappa shape index (κ1) is 13.7. The number of nitrogens with one attached hydrogen (secondary N) is 1. The molecule has 0 fully saturated rings. The first-order valence-corrected chi connectivity index (χ1v) is 6.80. The van der Waals surface area contributed by atoms with Gasteiger partial charge in [-0.3, -0.25) is 0 Å². The van der Waals surface area contributed by atoms with Crippen LogP contribution < -0.4 is 5.32 Å². The Hall–Kier alpha value is -2.27. The number of benzene rings is 2. The summed E-state index contributed by atoms with van der Waals surface area (Å²) in [6.07, 6.45) is 0.448. The van der Waals surface area contributed by atoms with Crippen LogP contribution in [-0.4, -0.2) is 28.4 Å². The van der Waals surface area contributed by atoms with Crippen LogP contribution in [0.1, 0.15) is 22.6 Å². The molecule has 0 bridgehead atoms. The molecule has 0 radical (unpaired) electrons. The summed E-state index contributed by atoms with van der Waals surface area (Å²) in [5.41, 5.74) is 2.00. The Bertz CT molecular complexity index is 670. The second-order valence-corrected chi connectivity index (χ2v) is 5.22. The number of hydrogen-bond donors (Lipinski definition) is 4. The SMILES string of the molecule is Oc1ccc([C@@H]2CNCCc3c2cc(O)c(O)c3F)cc1. The van der Waals surface area contributed by atoms with Crippen LogP contribution in [0.4, 0.5) is 4.39 Å². The maximum absolute atomic E-state index is 14.2. The zero-order chi connectivity index (χ0) is 15.0. The predicted molar refractivity (Wildman–Crippen MR) is 76.3 cm³/mol. The van der Waals surface area contributed by atoms with Gasteiger partial charge in [0.1, 0.15) is 5.75 Å². The Morgan fingerprint density at radius 1 is 1.10 bits per heavy atom. The summed E-state index contributed by atoms with van der Waals surface area (Å²) in [6.45, 7) is 1.20. The number of phenolic OH excluding ortho intramolecular Hbond substituents is 3. The summed E-state index contributed by atoms with van der Waals surface area (Å²) >= 11 is 0. The minimum absolute atomic E-state index is 0.149. The first-order chi connectivity index (χ1) is 10.1. The molecule has 0 saturated carbocycles. The molecule has 1 atom stereocenters. The van der Waals surface area contributed by atoms with Gasteiger partial charge in [0.25, 0.3) is 0 Å². The maximum atomic E-state index is 14.2. The van der Waals surface area contributed by atoms with Crippen molar-refractivity contribution >= 4 is 0 Å². The van der Waals surface area contributed by atoms with Crippen molar-refractivity contribution in [2.24, 2.45) is 0 Å². The number of hydrogen-bond acceptors (Lipinski definition) is 4. The van der Waals surface area contributed by atoms with E-state index in [0.29, 0.717) is 30.6 Å². The molecule has 110 valence electrons. The van der Waals surface area contributed by atoms with Crippen molar-refractivity contribution in [2.75, 3.05) is 13.1 Å². The monoisotopic (exact) mass is 289 g/mol. The molecule has 0 aliphatic carbocycles. The predicted octanol–water partition coefficient (Wildman–Crippen LogP) is 2.22. The molecule has 0 unspecified atom stereocenters. The van der Waals surface area contributed by atoms with Gasteiger partial charge < -0.3 is 20.6 Å². The fourth-order valence-electron chi connectivity index (χ4n) is 2.82. The molecule has 21 heavy (non-hydrogen) atoms. The second kappa shape index (κ2) is 5.26. The molecule has 4 N–H and O–H groups in total. The van der Waals surface area contributed by atoms with Gasteiger partial charge in [0.2, 0.25) is 0 Å². The van der Waals surface area contributed by atoms with Gasteiger partial charge in [0.05, 0.1) is 0 Å². The van der Waals surface area contributed by atoms with E-state index < -0.39 is 17.3 Å². The van der Waals surface area contributed by atoms with Gasteiger partial charge in [-0.25, -0.2) is 4.39 Å². The Labute approximate surface area is 121 Å². The number of rotatable bonds is 1. The normalized spacial score (nSPS) is 18.0. The van der Waals surface area contributed by atoms with E-state index in [1.165, 1.54) is 6.07 Å². The largest absolute Gasteiger partial charge is 0.508 e. The van der Waals surface area contributed by atoms with Crippen LogP contribution in [0.2, 0.25) is 0 Å². The summed E-state index contributed by atoms with van der Waals surface area (Å²) in [4.78, 5) is 0. The Morgan fingerprint density at radius 2 is 1.81 bits per heavy atom. The molecule has 0 aromatic heterocycles. The summed E-state index contributed by atoms with van der Waals surface area (Å²) in [5, 5.41) is 31.9. The van der Waals surface area contributed by atoms with Gasteiger partial charge in [0, 0.05) is 12.5 Å². The van der Waals surface area contributed by atoms with Crippen molar-refractivity contribution in [3.63, 3.8) is 0 Å². The summed E-state index contributed by atoms with van der Waals surface area (Å²) in [5.74, 6) is -1.88. The van der Waals surface area contributed by atoms with Crippen LogP contribution in [0.3, 0.4) is 0 Å². The van der Waals surface area contributed by atoms with Crippen LogP contribution in [0, 0.1) is 5.82 Å². The van der Waals surface area contributed by atoms with Crippen molar-refractivity contribution in [1.29, 1.82) is 0 Å². The lowest BCUT2D eigenvalue weighted by molar-refractivity contribution is 0.375. The van der Waals surface area contributed by atoms with Crippen LogP contribution in [-0.2, 0) is 6.42 Å². The highest BCUT2D eigenvalue weighted by Gasteiger charge is 2.26. The molecule has 5 heteroatoms. The van der Waals surface area contributed by atoms with E-state index in [9.17, 15) is 19.7 Å². The number of phenols is 3. The number of aromatic hydroxyl groups is 3. The van der Waals surface area contributed by atoms with Crippen molar-refractivity contribution in [3.8, 4) is 17.2 Å². The minimum atomic E-state index is -0.752. The standard InChI is InChI=1S/C16H16FNO3/c17-15-11-5-6-18-8-13(9-1-3-10(19)4-2-9)12(11)7-14(20)16(15)21/h1-4,7,13,18-21H,5-6,8H2/t13-/m0/s1. The lowest BCUT2D eigenvalue weighted by atomic mass is 9.87. The van der Waals surface area contributed by atoms with E-state index in [4.69, 9.17) is 0 Å². The zero-order valence-corrected chi connectivity index (χ0v) is 11.3. The highest BCUT2D eigenvalue weighted by molar-refractivity contribution is 5.51. The minimum Gasteiger partial charge on any atom is -0.508 e. The topological polar surface area (TPSA) is 72.7 Å². The third-order valence-corrected chi connectivity index (χ3v) is 3.93. The Balaban J connectivity index is 2.14. The Kier molecular flexibility index (Phi) is 3.43. The molecule has 1 heterocycles. The van der Waals surface area contributed by atoms with Crippen molar-refractivity contribution in [3.05, 3.63) is 52.8 Å². The first-order valence-electron chi connectivity index (χ1n) is 6.80. The van der Waals surface area contributed by atoms with Crippen LogP contribution >= 0.6 is 0 Å². The fourth-order valence-corrected chi connectivity index (χ4v) is 2.82. The number of halogens is 1. The van der Waals surface area contributed by atoms with Gasteiger partial charge in [-0.1, -0.05) is 12.1 Å². The van der Waals surface area contributed by atoms with Gasteiger partial charge in [-0.15, -0.1) is 0 Å². The molecule has 4 nitrogen and oxygen atoms in total.